The number of ether oxygens (including phenoxy) is 1. The van der Waals surface area contributed by atoms with Gasteiger partial charge in [-0.05, 0) is 36.1 Å². The van der Waals surface area contributed by atoms with Gasteiger partial charge < -0.3 is 19.3 Å². The number of rotatable bonds is 7. The van der Waals surface area contributed by atoms with Crippen LogP contribution in [0.1, 0.15) is 12.1 Å². The van der Waals surface area contributed by atoms with E-state index in [4.69, 9.17) is 4.74 Å². The summed E-state index contributed by atoms with van der Waals surface area (Å²) in [4.78, 5) is 6.43. The van der Waals surface area contributed by atoms with E-state index < -0.39 is 14.6 Å². The van der Waals surface area contributed by atoms with Crippen molar-refractivity contribution < 1.29 is 18.3 Å². The number of hydrogen-bond donors (Lipinski definition) is 1. The number of aryl methyl sites for hydroxylation is 1. The first-order chi connectivity index (χ1) is 14.4. The number of imidazole rings is 1. The Morgan fingerprint density at radius 1 is 1.27 bits per heavy atom. The van der Waals surface area contributed by atoms with Gasteiger partial charge in [0.05, 0.1) is 31.3 Å². The molecule has 0 bridgehead atoms. The molecule has 2 atom stereocenters. The smallest absolute Gasteiger partial charge is 0.227 e. The van der Waals surface area contributed by atoms with Gasteiger partial charge in [0.1, 0.15) is 10.3 Å². The summed E-state index contributed by atoms with van der Waals surface area (Å²) in [6.45, 7) is 2.10. The van der Waals surface area contributed by atoms with Gasteiger partial charge in [-0.2, -0.15) is 4.31 Å². The maximum atomic E-state index is 13.1. The molecule has 0 radical (unpaired) electrons. The van der Waals surface area contributed by atoms with Crippen LogP contribution < -0.4 is 4.90 Å². The van der Waals surface area contributed by atoms with Crippen molar-refractivity contribution in [3.8, 4) is 5.75 Å². The number of phenols is 1. The number of benzene rings is 1. The van der Waals surface area contributed by atoms with Crippen molar-refractivity contribution in [2.45, 2.75) is 23.7 Å². The lowest BCUT2D eigenvalue weighted by atomic mass is 10.1. The minimum Gasteiger partial charge on any atom is -0.508 e. The topological polar surface area (TPSA) is 87.9 Å². The van der Waals surface area contributed by atoms with Crippen molar-refractivity contribution in [2.24, 2.45) is 7.05 Å². The first kappa shape index (κ1) is 21.2. The molecule has 0 saturated carbocycles. The van der Waals surface area contributed by atoms with Gasteiger partial charge >= 0.3 is 0 Å². The zero-order valence-electron chi connectivity index (χ0n) is 16.8. The zero-order chi connectivity index (χ0) is 21.1. The Hall–Kier alpha value is -2.01. The van der Waals surface area contributed by atoms with Crippen LogP contribution in [-0.4, -0.2) is 64.2 Å². The Balaban J connectivity index is 1.48. The molecule has 8 nitrogen and oxygen atoms in total. The van der Waals surface area contributed by atoms with Gasteiger partial charge in [-0.15, -0.1) is 11.8 Å². The van der Waals surface area contributed by atoms with E-state index in [1.165, 1.54) is 11.8 Å². The van der Waals surface area contributed by atoms with Crippen molar-refractivity contribution in [1.82, 2.24) is 13.9 Å². The summed E-state index contributed by atoms with van der Waals surface area (Å²) >= 11 is 1.37. The largest absolute Gasteiger partial charge is 0.508 e. The van der Waals surface area contributed by atoms with Gasteiger partial charge in [0.25, 0.3) is 0 Å². The maximum Gasteiger partial charge on any atom is 0.227 e. The number of nitrogens with zero attached hydrogens (tertiary/aromatic N) is 4. The van der Waals surface area contributed by atoms with Crippen molar-refractivity contribution in [3.63, 3.8) is 0 Å². The molecule has 1 unspecified atom stereocenters. The van der Waals surface area contributed by atoms with Gasteiger partial charge in [0.15, 0.2) is 0 Å². The number of thioether (sulfide) groups is 1. The van der Waals surface area contributed by atoms with Crippen LogP contribution in [-0.2, 0) is 28.4 Å². The van der Waals surface area contributed by atoms with E-state index in [0.29, 0.717) is 39.3 Å². The molecule has 10 heteroatoms. The first-order valence-corrected chi connectivity index (χ1v) is 12.3. The fourth-order valence-corrected chi connectivity index (χ4v) is 6.89. The van der Waals surface area contributed by atoms with Crippen LogP contribution in [0.25, 0.3) is 0 Å². The average molecular weight is 451 g/mol. The number of sulfonamides is 1. The number of phenolic OH excluding ortho intramolecular Hbond substituents is 1. The number of piperazine rings is 1. The van der Waals surface area contributed by atoms with Crippen LogP contribution >= 0.6 is 11.8 Å². The standard InChI is InChI=1S/C20H26N4O4S2/c1-22-11-16(21-15-22)13-28-14-18-12-23(30(26,27)20-3-2-10-29-20)8-9-24(18)17-4-6-19(25)7-5-17/h2,4-7,10-11,15,18,20,25H,3,8-9,12-14H2,1H3/t18-,20?/m1/s1. The lowest BCUT2D eigenvalue weighted by molar-refractivity contribution is 0.0929. The SMILES string of the molecule is Cn1cnc(COC[C@H]2CN(S(=O)(=O)C3CC=CS3)CCN2c2ccc(O)cc2)c1. The molecule has 1 saturated heterocycles. The molecule has 3 heterocycles. The summed E-state index contributed by atoms with van der Waals surface area (Å²) in [5, 5.41) is 11.5. The number of allylic oxidation sites excluding steroid dienone is 1. The summed E-state index contributed by atoms with van der Waals surface area (Å²) in [5.74, 6) is 0.202. The number of aromatic hydroxyl groups is 1. The van der Waals surface area contributed by atoms with E-state index in [2.05, 4.69) is 9.88 Å². The molecule has 2 aliphatic heterocycles. The fourth-order valence-electron chi connectivity index (χ4n) is 3.75. The van der Waals surface area contributed by atoms with Crippen molar-refractivity contribution in [1.29, 1.82) is 0 Å². The third kappa shape index (κ3) is 4.66. The molecule has 1 aromatic carbocycles. The van der Waals surface area contributed by atoms with Gasteiger partial charge in [-0.1, -0.05) is 6.08 Å². The van der Waals surface area contributed by atoms with Crippen molar-refractivity contribution in [3.05, 3.63) is 54.0 Å². The lowest BCUT2D eigenvalue weighted by Gasteiger charge is -2.42. The number of anilines is 1. The lowest BCUT2D eigenvalue weighted by Crippen LogP contribution is -2.57. The summed E-state index contributed by atoms with van der Waals surface area (Å²) in [5.41, 5.74) is 1.77. The molecule has 2 aromatic rings. The fraction of sp³-hybridized carbons (Fsp3) is 0.450. The van der Waals surface area contributed by atoms with E-state index in [0.717, 1.165) is 11.4 Å². The highest BCUT2D eigenvalue weighted by molar-refractivity contribution is 8.14. The third-order valence-electron chi connectivity index (χ3n) is 5.29. The Morgan fingerprint density at radius 2 is 2.07 bits per heavy atom. The van der Waals surface area contributed by atoms with E-state index in [-0.39, 0.29) is 11.8 Å². The highest BCUT2D eigenvalue weighted by Crippen LogP contribution is 2.32. The van der Waals surface area contributed by atoms with Crippen molar-refractivity contribution >= 4 is 27.5 Å². The second-order valence-electron chi connectivity index (χ2n) is 7.49. The minimum absolute atomic E-state index is 0.138. The van der Waals surface area contributed by atoms with Crippen LogP contribution in [0.15, 0.2) is 48.3 Å². The molecule has 162 valence electrons. The highest BCUT2D eigenvalue weighted by atomic mass is 32.3. The quantitative estimate of drug-likeness (QED) is 0.691. The van der Waals surface area contributed by atoms with E-state index in [9.17, 15) is 13.5 Å². The minimum atomic E-state index is -3.38. The predicted octanol–water partition coefficient (Wildman–Crippen LogP) is 2.14. The van der Waals surface area contributed by atoms with Gasteiger partial charge in [0, 0.05) is 38.6 Å². The monoisotopic (exact) mass is 450 g/mol. The number of hydrogen-bond acceptors (Lipinski definition) is 7. The highest BCUT2D eigenvalue weighted by Gasteiger charge is 2.38. The molecule has 0 amide bonds. The van der Waals surface area contributed by atoms with Crippen LogP contribution in [0.5, 0.6) is 5.75 Å². The number of aromatic nitrogens is 2. The molecule has 0 aliphatic carbocycles. The van der Waals surface area contributed by atoms with Crippen LogP contribution in [0.2, 0.25) is 0 Å². The summed E-state index contributed by atoms with van der Waals surface area (Å²) < 4.78 is 35.1. The summed E-state index contributed by atoms with van der Waals surface area (Å²) in [6, 6.07) is 6.85. The summed E-state index contributed by atoms with van der Waals surface area (Å²) in [7, 11) is -1.48. The molecular weight excluding hydrogens is 424 g/mol. The predicted molar refractivity (Wildman–Crippen MR) is 118 cm³/mol. The molecule has 1 N–H and O–H groups in total. The first-order valence-electron chi connectivity index (χ1n) is 9.83. The Kier molecular flexibility index (Phi) is 6.37. The van der Waals surface area contributed by atoms with Gasteiger partial charge in [-0.25, -0.2) is 13.4 Å². The van der Waals surface area contributed by atoms with Gasteiger partial charge in [-0.3, -0.25) is 0 Å². The maximum absolute atomic E-state index is 13.1. The second-order valence-corrected chi connectivity index (χ2v) is 11.0. The molecule has 4 rings (SSSR count). The summed E-state index contributed by atoms with van der Waals surface area (Å²) in [6.07, 6.45) is 6.09. The molecule has 1 fully saturated rings. The van der Waals surface area contributed by atoms with E-state index in [1.54, 1.807) is 22.8 Å². The molecule has 1 aromatic heterocycles. The van der Waals surface area contributed by atoms with E-state index >= 15 is 0 Å². The second kappa shape index (κ2) is 9.01. The van der Waals surface area contributed by atoms with Crippen LogP contribution in [0, 0.1) is 0 Å². The molecular formula is C20H26N4O4S2. The third-order valence-corrected chi connectivity index (χ3v) is 9.11. The molecule has 30 heavy (non-hydrogen) atoms. The zero-order valence-corrected chi connectivity index (χ0v) is 18.4. The molecule has 0 spiro atoms. The molecule has 2 aliphatic rings. The van der Waals surface area contributed by atoms with Gasteiger partial charge in [0.2, 0.25) is 10.0 Å². The Bertz CT molecular complexity index is 982. The van der Waals surface area contributed by atoms with Crippen LogP contribution in [0.3, 0.4) is 0 Å². The normalized spacial score (nSPS) is 22.6. The van der Waals surface area contributed by atoms with E-state index in [1.807, 2.05) is 41.4 Å². The van der Waals surface area contributed by atoms with Crippen LogP contribution in [0.4, 0.5) is 5.69 Å². The van der Waals surface area contributed by atoms with Crippen molar-refractivity contribution in [2.75, 3.05) is 31.1 Å². The Morgan fingerprint density at radius 3 is 2.73 bits per heavy atom. The Labute approximate surface area is 181 Å². The average Bonchev–Trinajstić information content (AvgIpc) is 3.41.